The summed E-state index contributed by atoms with van der Waals surface area (Å²) in [6.07, 6.45) is -2.59. The number of carbonyl (C=O) groups excluding carboxylic acids is 3. The Hall–Kier alpha value is -4.80. The number of halogens is 3. The first-order valence-electron chi connectivity index (χ1n) is 16.1. The topological polar surface area (TPSA) is 75.1 Å². The van der Waals surface area contributed by atoms with Crippen molar-refractivity contribution in [1.82, 2.24) is 14.4 Å². The fourth-order valence-electron chi connectivity index (χ4n) is 6.62. The van der Waals surface area contributed by atoms with Crippen molar-refractivity contribution in [2.24, 2.45) is 5.41 Å². The zero-order valence-corrected chi connectivity index (χ0v) is 27.5. The van der Waals surface area contributed by atoms with Crippen molar-refractivity contribution in [2.75, 3.05) is 31.1 Å². The van der Waals surface area contributed by atoms with Crippen LogP contribution in [0.4, 0.5) is 23.7 Å². The molecule has 1 atom stereocenters. The van der Waals surface area contributed by atoms with E-state index in [1.165, 1.54) is 17.1 Å². The number of carbonyl (C=O) groups is 3. The minimum atomic E-state index is -4.60. The standard InChI is InChI=1S/C37H39F3N4O4/c1-35(2,3)48-34(47)42-20-18-41(19-21-42)33(46)31-17-15-28-24-44(30-13-9-8-12-27(30)23-43(28)31)32(45)26-14-16-29(25-10-6-5-7-11-25)36(4,22-26)37(38,39)40/h5-17H,18-24H2,1-4H3. The second-order valence-electron chi connectivity index (χ2n) is 13.7. The van der Waals surface area contributed by atoms with Crippen molar-refractivity contribution < 1.29 is 32.3 Å². The fourth-order valence-corrected chi connectivity index (χ4v) is 6.62. The van der Waals surface area contributed by atoms with Crippen molar-refractivity contribution in [1.29, 1.82) is 0 Å². The lowest BCUT2D eigenvalue weighted by atomic mass is 9.70. The third-order valence-electron chi connectivity index (χ3n) is 9.26. The second-order valence-corrected chi connectivity index (χ2v) is 13.7. The van der Waals surface area contributed by atoms with E-state index in [2.05, 4.69) is 0 Å². The van der Waals surface area contributed by atoms with Gasteiger partial charge in [0.05, 0.1) is 18.5 Å². The Kier molecular flexibility index (Phi) is 8.51. The molecule has 8 nitrogen and oxygen atoms in total. The molecule has 1 aromatic heterocycles. The molecule has 1 unspecified atom stereocenters. The Bertz CT molecular complexity index is 1800. The quantitative estimate of drug-likeness (QED) is 0.302. The Morgan fingerprint density at radius 2 is 1.42 bits per heavy atom. The summed E-state index contributed by atoms with van der Waals surface area (Å²) in [5.41, 5.74) is 0.224. The molecule has 0 bridgehead atoms. The molecule has 0 spiro atoms. The lowest BCUT2D eigenvalue weighted by Gasteiger charge is -2.38. The van der Waals surface area contributed by atoms with Crippen LogP contribution in [0.1, 0.15) is 61.4 Å². The highest BCUT2D eigenvalue weighted by atomic mass is 19.4. The number of benzene rings is 2. The molecule has 3 heterocycles. The smallest absolute Gasteiger partial charge is 0.410 e. The van der Waals surface area contributed by atoms with E-state index in [4.69, 9.17) is 4.74 Å². The molecule has 0 N–H and O–H groups in total. The zero-order chi connectivity index (χ0) is 34.4. The van der Waals surface area contributed by atoms with Crippen LogP contribution in [0, 0.1) is 5.41 Å². The Balaban J connectivity index is 1.27. The van der Waals surface area contributed by atoms with Crippen LogP contribution in [-0.4, -0.2) is 70.2 Å². The minimum Gasteiger partial charge on any atom is -0.444 e. The highest BCUT2D eigenvalue weighted by molar-refractivity contribution is 6.07. The summed E-state index contributed by atoms with van der Waals surface area (Å²) >= 11 is 0. The third-order valence-corrected chi connectivity index (χ3v) is 9.26. The number of hydrogen-bond acceptors (Lipinski definition) is 4. The molecular formula is C37H39F3N4O4. The summed E-state index contributed by atoms with van der Waals surface area (Å²) in [6, 6.07) is 19.2. The summed E-state index contributed by atoms with van der Waals surface area (Å²) in [5, 5.41) is 0. The van der Waals surface area contributed by atoms with E-state index in [0.29, 0.717) is 55.4 Å². The van der Waals surface area contributed by atoms with Gasteiger partial charge in [0.1, 0.15) is 11.3 Å². The molecule has 1 saturated heterocycles. The van der Waals surface area contributed by atoms with Crippen molar-refractivity contribution in [3.8, 4) is 0 Å². The van der Waals surface area contributed by atoms with Crippen molar-refractivity contribution in [2.45, 2.75) is 59.0 Å². The Morgan fingerprint density at radius 1 is 0.771 bits per heavy atom. The Morgan fingerprint density at radius 3 is 2.08 bits per heavy atom. The van der Waals surface area contributed by atoms with Gasteiger partial charge in [-0.2, -0.15) is 13.2 Å². The van der Waals surface area contributed by atoms with Gasteiger partial charge < -0.3 is 24.0 Å². The molecule has 3 aliphatic rings. The lowest BCUT2D eigenvalue weighted by Crippen LogP contribution is -2.51. The molecule has 3 aromatic rings. The average molecular weight is 661 g/mol. The van der Waals surface area contributed by atoms with E-state index in [9.17, 15) is 27.6 Å². The molecule has 48 heavy (non-hydrogen) atoms. The second kappa shape index (κ2) is 12.3. The molecule has 11 heteroatoms. The maximum Gasteiger partial charge on any atom is 0.410 e. The number of alkyl halides is 3. The van der Waals surface area contributed by atoms with Gasteiger partial charge in [0.25, 0.3) is 11.8 Å². The van der Waals surface area contributed by atoms with Gasteiger partial charge in [-0.1, -0.05) is 60.7 Å². The number of amides is 3. The van der Waals surface area contributed by atoms with Gasteiger partial charge in [-0.05, 0) is 69.0 Å². The monoisotopic (exact) mass is 660 g/mol. The fraction of sp³-hybridized carbons (Fsp3) is 0.378. The maximum absolute atomic E-state index is 14.7. The predicted molar refractivity (Wildman–Crippen MR) is 176 cm³/mol. The van der Waals surface area contributed by atoms with Gasteiger partial charge in [0.2, 0.25) is 0 Å². The molecule has 252 valence electrons. The molecule has 0 radical (unpaired) electrons. The SMILES string of the molecule is CC(C)(C)OC(=O)N1CCN(C(=O)c2ccc3n2Cc2ccccc2N(C(=O)C2=CC=C(c4ccccc4)C(C)(C(F)(F)F)C2)C3)CC1. The van der Waals surface area contributed by atoms with Crippen LogP contribution in [0.25, 0.3) is 5.57 Å². The average Bonchev–Trinajstić information content (AvgIpc) is 3.36. The summed E-state index contributed by atoms with van der Waals surface area (Å²) < 4.78 is 51.6. The summed E-state index contributed by atoms with van der Waals surface area (Å²) in [4.78, 5) is 45.4. The number of para-hydroxylation sites is 1. The number of fused-ring (bicyclic) bond motifs is 2. The van der Waals surface area contributed by atoms with Crippen LogP contribution in [0.3, 0.4) is 0 Å². The van der Waals surface area contributed by atoms with Crippen LogP contribution in [0.5, 0.6) is 0 Å². The number of aromatic nitrogens is 1. The largest absolute Gasteiger partial charge is 0.444 e. The van der Waals surface area contributed by atoms with Gasteiger partial charge in [0, 0.05) is 43.1 Å². The van der Waals surface area contributed by atoms with Crippen molar-refractivity contribution >= 4 is 29.2 Å². The lowest BCUT2D eigenvalue weighted by molar-refractivity contribution is -0.195. The van der Waals surface area contributed by atoms with Gasteiger partial charge in [-0.25, -0.2) is 4.79 Å². The van der Waals surface area contributed by atoms with Crippen molar-refractivity contribution in [3.05, 3.63) is 107 Å². The van der Waals surface area contributed by atoms with Crippen LogP contribution in [0.15, 0.2) is 84.5 Å². The molecule has 2 aromatic carbocycles. The summed E-state index contributed by atoms with van der Waals surface area (Å²) in [7, 11) is 0. The first-order valence-corrected chi connectivity index (χ1v) is 16.1. The third kappa shape index (κ3) is 6.25. The molecular weight excluding hydrogens is 621 g/mol. The van der Waals surface area contributed by atoms with E-state index in [1.807, 2.05) is 16.7 Å². The highest BCUT2D eigenvalue weighted by Gasteiger charge is 2.55. The number of anilines is 1. The highest BCUT2D eigenvalue weighted by Crippen LogP contribution is 2.54. The van der Waals surface area contributed by atoms with Gasteiger partial charge in [0.15, 0.2) is 0 Å². The summed E-state index contributed by atoms with van der Waals surface area (Å²) in [5.74, 6) is -0.709. The predicted octanol–water partition coefficient (Wildman–Crippen LogP) is 7.06. The molecule has 1 aliphatic carbocycles. The van der Waals surface area contributed by atoms with Crippen molar-refractivity contribution in [3.63, 3.8) is 0 Å². The molecule has 1 fully saturated rings. The first kappa shape index (κ1) is 33.1. The van der Waals surface area contributed by atoms with Gasteiger partial charge in [-0.15, -0.1) is 0 Å². The molecule has 0 saturated carbocycles. The molecule has 6 rings (SSSR count). The number of piperazine rings is 1. The Labute approximate surface area is 278 Å². The van der Waals surface area contributed by atoms with E-state index in [-0.39, 0.29) is 23.6 Å². The van der Waals surface area contributed by atoms with Crippen LogP contribution in [-0.2, 0) is 22.6 Å². The van der Waals surface area contributed by atoms with E-state index < -0.39 is 35.6 Å². The number of nitrogens with zero attached hydrogens (tertiary/aromatic N) is 4. The van der Waals surface area contributed by atoms with Crippen LogP contribution in [0.2, 0.25) is 0 Å². The van der Waals surface area contributed by atoms with E-state index in [1.54, 1.807) is 85.2 Å². The van der Waals surface area contributed by atoms with E-state index >= 15 is 0 Å². The first-order chi connectivity index (χ1) is 22.7. The molecule has 3 amide bonds. The number of hydrogen-bond donors (Lipinski definition) is 0. The summed E-state index contributed by atoms with van der Waals surface area (Å²) in [6.45, 7) is 8.30. The van der Waals surface area contributed by atoms with Crippen LogP contribution < -0.4 is 4.90 Å². The normalized spacial score (nSPS) is 19.9. The number of allylic oxidation sites excluding steroid dienone is 3. The minimum absolute atomic E-state index is 0.0588. The zero-order valence-electron chi connectivity index (χ0n) is 27.5. The molecule has 2 aliphatic heterocycles. The van der Waals surface area contributed by atoms with Crippen LogP contribution >= 0.6 is 0 Å². The number of ether oxygens (including phenoxy) is 1. The van der Waals surface area contributed by atoms with Gasteiger partial charge in [-0.3, -0.25) is 9.59 Å². The maximum atomic E-state index is 14.7. The van der Waals surface area contributed by atoms with Gasteiger partial charge >= 0.3 is 12.3 Å². The number of rotatable bonds is 3. The van der Waals surface area contributed by atoms with E-state index in [0.717, 1.165) is 12.5 Å².